The number of nitrogens with zero attached hydrogens (tertiary/aromatic N) is 1. The summed E-state index contributed by atoms with van der Waals surface area (Å²) < 4.78 is 23.4. The molecule has 0 bridgehead atoms. The Bertz CT molecular complexity index is 922. The molecular weight excluding hydrogens is 350 g/mol. The van der Waals surface area contributed by atoms with E-state index >= 15 is 0 Å². The number of sulfone groups is 1. The van der Waals surface area contributed by atoms with E-state index in [-0.39, 0.29) is 0 Å². The first kappa shape index (κ1) is 18.2. The predicted molar refractivity (Wildman–Crippen MR) is 101 cm³/mol. The number of likely N-dealkylation sites (tertiary alicyclic amines) is 1. The Morgan fingerprint density at radius 3 is 1.96 bits per heavy atom. The highest BCUT2D eigenvalue weighted by Gasteiger charge is 2.21. The van der Waals surface area contributed by atoms with Crippen LogP contribution in [0.25, 0.3) is 5.57 Å². The van der Waals surface area contributed by atoms with Crippen LogP contribution in [0.3, 0.4) is 0 Å². The molecule has 0 unspecified atom stereocenters. The van der Waals surface area contributed by atoms with Crippen molar-refractivity contribution < 1.29 is 18.3 Å². The fourth-order valence-electron chi connectivity index (χ4n) is 3.27. The van der Waals surface area contributed by atoms with E-state index in [1.165, 1.54) is 16.7 Å². The normalized spacial score (nSPS) is 15.0. The van der Waals surface area contributed by atoms with Gasteiger partial charge in [0.1, 0.15) is 0 Å². The Morgan fingerprint density at radius 1 is 0.923 bits per heavy atom. The molecule has 0 aliphatic carbocycles. The van der Waals surface area contributed by atoms with Crippen molar-refractivity contribution in [3.63, 3.8) is 0 Å². The SMILES string of the molecule is CS(=O)(=O)c1ccc(C(=C2CCN(C(=O)O)CC2)c2ccccc2)cc1. The molecule has 0 saturated carbocycles. The minimum absolute atomic E-state index is 0.291. The molecule has 1 heterocycles. The van der Waals surface area contributed by atoms with Gasteiger partial charge in [0, 0.05) is 19.3 Å². The summed E-state index contributed by atoms with van der Waals surface area (Å²) in [6.45, 7) is 0.949. The lowest BCUT2D eigenvalue weighted by molar-refractivity contribution is 0.142. The Hall–Kier alpha value is -2.60. The van der Waals surface area contributed by atoms with Gasteiger partial charge in [-0.25, -0.2) is 13.2 Å². The summed E-state index contributed by atoms with van der Waals surface area (Å²) >= 11 is 0. The van der Waals surface area contributed by atoms with Gasteiger partial charge in [-0.05, 0) is 41.7 Å². The maximum absolute atomic E-state index is 11.7. The number of rotatable bonds is 3. The van der Waals surface area contributed by atoms with Gasteiger partial charge in [-0.2, -0.15) is 0 Å². The molecule has 1 amide bonds. The standard InChI is InChI=1S/C20H21NO4S/c1-26(24,25)18-9-7-16(8-10-18)19(15-5-3-2-4-6-15)17-11-13-21(14-12-17)20(22)23/h2-10H,11-14H2,1H3,(H,22,23). The summed E-state index contributed by atoms with van der Waals surface area (Å²) in [7, 11) is -3.24. The van der Waals surface area contributed by atoms with Gasteiger partial charge >= 0.3 is 6.09 Å². The molecule has 1 saturated heterocycles. The summed E-state index contributed by atoms with van der Waals surface area (Å²) in [6.07, 6.45) is 1.65. The molecule has 26 heavy (non-hydrogen) atoms. The first-order valence-corrected chi connectivity index (χ1v) is 10.3. The largest absolute Gasteiger partial charge is 0.465 e. The predicted octanol–water partition coefficient (Wildman–Crippen LogP) is 3.67. The van der Waals surface area contributed by atoms with Crippen LogP contribution >= 0.6 is 0 Å². The lowest BCUT2D eigenvalue weighted by atomic mass is 9.88. The summed E-state index contributed by atoms with van der Waals surface area (Å²) in [6, 6.07) is 16.8. The lowest BCUT2D eigenvalue weighted by Gasteiger charge is -2.28. The van der Waals surface area contributed by atoms with Crippen LogP contribution in [0.5, 0.6) is 0 Å². The Kier molecular flexibility index (Phi) is 5.13. The van der Waals surface area contributed by atoms with E-state index in [0.717, 1.165) is 16.7 Å². The van der Waals surface area contributed by atoms with Crippen LogP contribution in [0.15, 0.2) is 65.1 Å². The van der Waals surface area contributed by atoms with E-state index in [1.807, 2.05) is 42.5 Å². The number of benzene rings is 2. The molecule has 0 spiro atoms. The first-order valence-electron chi connectivity index (χ1n) is 8.42. The van der Waals surface area contributed by atoms with Crippen molar-refractivity contribution in [3.8, 4) is 0 Å². The van der Waals surface area contributed by atoms with Crippen LogP contribution in [0, 0.1) is 0 Å². The van der Waals surface area contributed by atoms with Gasteiger partial charge in [-0.3, -0.25) is 0 Å². The molecule has 0 atom stereocenters. The molecular formula is C20H21NO4S. The highest BCUT2D eigenvalue weighted by atomic mass is 32.2. The quantitative estimate of drug-likeness (QED) is 0.893. The van der Waals surface area contributed by atoms with Crippen LogP contribution in [0.1, 0.15) is 24.0 Å². The molecule has 6 heteroatoms. The van der Waals surface area contributed by atoms with Crippen LogP contribution in [0.2, 0.25) is 0 Å². The summed E-state index contributed by atoms with van der Waals surface area (Å²) in [4.78, 5) is 12.9. The van der Waals surface area contributed by atoms with Crippen molar-refractivity contribution in [1.29, 1.82) is 0 Å². The molecule has 0 aromatic heterocycles. The molecule has 1 N–H and O–H groups in total. The average Bonchev–Trinajstić information content (AvgIpc) is 2.63. The van der Waals surface area contributed by atoms with Gasteiger partial charge in [-0.15, -0.1) is 0 Å². The molecule has 2 aromatic rings. The smallest absolute Gasteiger partial charge is 0.407 e. The van der Waals surface area contributed by atoms with Crippen LogP contribution < -0.4 is 0 Å². The average molecular weight is 371 g/mol. The van der Waals surface area contributed by atoms with Crippen molar-refractivity contribution in [2.75, 3.05) is 19.3 Å². The van der Waals surface area contributed by atoms with E-state index in [2.05, 4.69) is 0 Å². The molecule has 2 aromatic carbocycles. The van der Waals surface area contributed by atoms with Gasteiger partial charge in [0.25, 0.3) is 0 Å². The zero-order chi connectivity index (χ0) is 18.7. The molecule has 136 valence electrons. The molecule has 0 radical (unpaired) electrons. The number of amides is 1. The number of hydrogen-bond acceptors (Lipinski definition) is 3. The van der Waals surface area contributed by atoms with Gasteiger partial charge in [0.15, 0.2) is 9.84 Å². The minimum Gasteiger partial charge on any atom is -0.465 e. The summed E-state index contributed by atoms with van der Waals surface area (Å²) in [5.41, 5.74) is 4.26. The van der Waals surface area contributed by atoms with E-state index in [9.17, 15) is 13.2 Å². The Morgan fingerprint density at radius 2 is 1.46 bits per heavy atom. The summed E-state index contributed by atoms with van der Waals surface area (Å²) in [5.74, 6) is 0. The highest BCUT2D eigenvalue weighted by molar-refractivity contribution is 7.90. The van der Waals surface area contributed by atoms with Gasteiger partial charge in [0.2, 0.25) is 0 Å². The van der Waals surface area contributed by atoms with Gasteiger partial charge in [-0.1, -0.05) is 48.0 Å². The number of hydrogen-bond donors (Lipinski definition) is 1. The maximum atomic E-state index is 11.7. The topological polar surface area (TPSA) is 74.7 Å². The van der Waals surface area contributed by atoms with E-state index in [1.54, 1.807) is 12.1 Å². The van der Waals surface area contributed by atoms with Crippen molar-refractivity contribution in [3.05, 3.63) is 71.3 Å². The minimum atomic E-state index is -3.24. The fraction of sp³-hybridized carbons (Fsp3) is 0.250. The maximum Gasteiger partial charge on any atom is 0.407 e. The third-order valence-electron chi connectivity index (χ3n) is 4.62. The summed E-state index contributed by atoms with van der Waals surface area (Å²) in [5, 5.41) is 9.16. The highest BCUT2D eigenvalue weighted by Crippen LogP contribution is 2.32. The molecule has 5 nitrogen and oxygen atoms in total. The van der Waals surface area contributed by atoms with Crippen molar-refractivity contribution in [2.45, 2.75) is 17.7 Å². The molecule has 1 fully saturated rings. The second-order valence-electron chi connectivity index (χ2n) is 6.41. The fourth-order valence-corrected chi connectivity index (χ4v) is 3.90. The first-order chi connectivity index (χ1) is 12.4. The monoisotopic (exact) mass is 371 g/mol. The molecule has 1 aliphatic heterocycles. The third kappa shape index (κ3) is 3.96. The molecule has 1 aliphatic rings. The van der Waals surface area contributed by atoms with Crippen molar-refractivity contribution >= 4 is 21.5 Å². The number of carbonyl (C=O) groups is 1. The van der Waals surface area contributed by atoms with Gasteiger partial charge in [0.05, 0.1) is 4.90 Å². The van der Waals surface area contributed by atoms with E-state index in [0.29, 0.717) is 30.8 Å². The zero-order valence-electron chi connectivity index (χ0n) is 14.6. The second kappa shape index (κ2) is 7.33. The van der Waals surface area contributed by atoms with Crippen LogP contribution in [-0.4, -0.2) is 43.9 Å². The van der Waals surface area contributed by atoms with Crippen LogP contribution in [0.4, 0.5) is 4.79 Å². The third-order valence-corrected chi connectivity index (χ3v) is 5.75. The van der Waals surface area contributed by atoms with Gasteiger partial charge < -0.3 is 10.0 Å². The van der Waals surface area contributed by atoms with E-state index in [4.69, 9.17) is 5.11 Å². The Labute approximate surface area is 153 Å². The second-order valence-corrected chi connectivity index (χ2v) is 8.43. The zero-order valence-corrected chi connectivity index (χ0v) is 15.4. The van der Waals surface area contributed by atoms with E-state index < -0.39 is 15.9 Å². The molecule has 3 rings (SSSR count). The van der Waals surface area contributed by atoms with Crippen molar-refractivity contribution in [2.24, 2.45) is 0 Å². The lowest BCUT2D eigenvalue weighted by Crippen LogP contribution is -2.35. The van der Waals surface area contributed by atoms with Crippen LogP contribution in [-0.2, 0) is 9.84 Å². The Balaban J connectivity index is 2.03. The number of piperidine rings is 1. The van der Waals surface area contributed by atoms with Crippen molar-refractivity contribution in [1.82, 2.24) is 4.90 Å². The number of carboxylic acid groups (broad SMARTS) is 1.